The zero-order valence-corrected chi connectivity index (χ0v) is 21.2. The molecule has 0 unspecified atom stereocenters. The van der Waals surface area contributed by atoms with Gasteiger partial charge in [0.25, 0.3) is 0 Å². The van der Waals surface area contributed by atoms with Crippen LogP contribution in [0.3, 0.4) is 0 Å². The first-order valence-electron chi connectivity index (χ1n) is 9.40. The summed E-state index contributed by atoms with van der Waals surface area (Å²) in [5.41, 5.74) is 1.97. The minimum Gasteiger partial charge on any atom is -0.415 e. The van der Waals surface area contributed by atoms with E-state index in [0.29, 0.717) is 5.56 Å². The van der Waals surface area contributed by atoms with Crippen LogP contribution in [0.4, 0.5) is 0 Å². The van der Waals surface area contributed by atoms with Crippen LogP contribution in [0.25, 0.3) is 0 Å². The van der Waals surface area contributed by atoms with Crippen molar-refractivity contribution >= 4 is 19.5 Å². The summed E-state index contributed by atoms with van der Waals surface area (Å²) in [6.45, 7) is 21.7. The monoisotopic (exact) mass is 391 g/mol. The summed E-state index contributed by atoms with van der Waals surface area (Å²) in [6.07, 6.45) is 0. The van der Waals surface area contributed by atoms with Crippen LogP contribution in [0.15, 0.2) is 18.2 Å². The SMILES string of the molecule is CC(C)(C)[SiH2]OC(C)(C)c1cc(C#N)cc(C(C)(C)O[SiH2]C(C)(C)C)c1. The zero-order valence-electron chi connectivity index (χ0n) is 18.4. The van der Waals surface area contributed by atoms with Gasteiger partial charge in [0.1, 0.15) is 0 Å². The topological polar surface area (TPSA) is 42.2 Å². The average molecular weight is 392 g/mol. The number of benzene rings is 1. The van der Waals surface area contributed by atoms with E-state index >= 15 is 0 Å². The fourth-order valence-corrected chi connectivity index (χ4v) is 4.27. The normalized spacial score (nSPS) is 14.5. The van der Waals surface area contributed by atoms with Crippen LogP contribution >= 0.6 is 0 Å². The van der Waals surface area contributed by atoms with Gasteiger partial charge in [-0.1, -0.05) is 47.6 Å². The van der Waals surface area contributed by atoms with Crippen LogP contribution in [0.5, 0.6) is 0 Å². The lowest BCUT2D eigenvalue weighted by Gasteiger charge is -2.34. The van der Waals surface area contributed by atoms with Crippen molar-refractivity contribution in [2.75, 3.05) is 0 Å². The molecule has 0 amide bonds. The third-order valence-corrected chi connectivity index (χ3v) is 7.65. The second-order valence-electron chi connectivity index (χ2n) is 10.6. The van der Waals surface area contributed by atoms with E-state index in [1.165, 1.54) is 0 Å². The van der Waals surface area contributed by atoms with Crippen molar-refractivity contribution in [3.05, 3.63) is 34.9 Å². The maximum Gasteiger partial charge on any atom is 0.168 e. The van der Waals surface area contributed by atoms with Gasteiger partial charge < -0.3 is 8.85 Å². The van der Waals surface area contributed by atoms with Crippen molar-refractivity contribution in [2.45, 2.75) is 90.5 Å². The summed E-state index contributed by atoms with van der Waals surface area (Å²) < 4.78 is 12.7. The van der Waals surface area contributed by atoms with E-state index in [-0.39, 0.29) is 10.1 Å². The summed E-state index contributed by atoms with van der Waals surface area (Å²) in [5, 5.41) is 9.98. The third-order valence-electron chi connectivity index (χ3n) is 4.18. The molecule has 0 bridgehead atoms. The van der Waals surface area contributed by atoms with Crippen molar-refractivity contribution in [2.24, 2.45) is 0 Å². The van der Waals surface area contributed by atoms with Crippen LogP contribution in [0.2, 0.25) is 10.1 Å². The molecule has 0 aliphatic heterocycles. The highest BCUT2D eigenvalue weighted by atomic mass is 28.2. The van der Waals surface area contributed by atoms with E-state index < -0.39 is 30.7 Å². The van der Waals surface area contributed by atoms with E-state index in [1.54, 1.807) is 0 Å². The zero-order chi connectivity index (χ0) is 20.4. The second-order valence-corrected chi connectivity index (χ2v) is 16.0. The number of nitrogens with zero attached hydrogens (tertiary/aromatic N) is 1. The number of hydrogen-bond donors (Lipinski definition) is 0. The van der Waals surface area contributed by atoms with Gasteiger partial charge >= 0.3 is 0 Å². The van der Waals surface area contributed by atoms with Gasteiger partial charge in [-0.05, 0) is 61.0 Å². The molecule has 0 spiro atoms. The maximum atomic E-state index is 9.52. The Kier molecular flexibility index (Phi) is 7.09. The molecule has 26 heavy (non-hydrogen) atoms. The van der Waals surface area contributed by atoms with E-state index in [2.05, 4.69) is 81.4 Å². The van der Waals surface area contributed by atoms with Crippen molar-refractivity contribution in [1.82, 2.24) is 0 Å². The maximum absolute atomic E-state index is 9.52. The van der Waals surface area contributed by atoms with Crippen LogP contribution in [-0.4, -0.2) is 19.5 Å². The summed E-state index contributed by atoms with van der Waals surface area (Å²) in [7, 11) is -1.40. The van der Waals surface area contributed by atoms with Gasteiger partial charge in [0.15, 0.2) is 19.5 Å². The lowest BCUT2D eigenvalue weighted by atomic mass is 9.89. The number of hydrogen-bond acceptors (Lipinski definition) is 3. The van der Waals surface area contributed by atoms with Crippen LogP contribution in [-0.2, 0) is 20.1 Å². The molecule has 146 valence electrons. The van der Waals surface area contributed by atoms with Crippen molar-refractivity contribution in [1.29, 1.82) is 5.26 Å². The molecule has 0 aromatic heterocycles. The fraction of sp³-hybridized carbons (Fsp3) is 0.667. The van der Waals surface area contributed by atoms with Gasteiger partial charge in [-0.15, -0.1) is 0 Å². The molecule has 0 atom stereocenters. The Morgan fingerprint density at radius 3 is 1.31 bits per heavy atom. The number of rotatable bonds is 6. The second kappa shape index (κ2) is 7.97. The van der Waals surface area contributed by atoms with Crippen molar-refractivity contribution < 1.29 is 8.85 Å². The largest absolute Gasteiger partial charge is 0.415 e. The summed E-state index contributed by atoms with van der Waals surface area (Å²) in [6, 6.07) is 8.38. The Bertz CT molecular complexity index is 614. The Balaban J connectivity index is 3.21. The highest BCUT2D eigenvalue weighted by molar-refractivity contribution is 6.32. The van der Waals surface area contributed by atoms with Gasteiger partial charge in [0.2, 0.25) is 0 Å². The minimum absolute atomic E-state index is 0.230. The van der Waals surface area contributed by atoms with Crippen LogP contribution < -0.4 is 0 Å². The highest BCUT2D eigenvalue weighted by Crippen LogP contribution is 2.35. The molecule has 0 saturated heterocycles. The molecular formula is C21H37NO2Si2. The van der Waals surface area contributed by atoms with Gasteiger partial charge in [-0.2, -0.15) is 5.26 Å². The molecule has 0 N–H and O–H groups in total. The van der Waals surface area contributed by atoms with E-state index in [4.69, 9.17) is 8.85 Å². The lowest BCUT2D eigenvalue weighted by molar-refractivity contribution is 0.102. The molecule has 5 heteroatoms. The Hall–Kier alpha value is -0.936. The predicted octanol–water partition coefficient (Wildman–Crippen LogP) is 4.67. The summed E-state index contributed by atoms with van der Waals surface area (Å²) in [5.74, 6) is 0. The average Bonchev–Trinajstić information content (AvgIpc) is 2.49. The molecule has 3 nitrogen and oxygen atoms in total. The first-order chi connectivity index (χ1) is 11.6. The highest BCUT2D eigenvalue weighted by Gasteiger charge is 2.29. The molecule has 0 radical (unpaired) electrons. The van der Waals surface area contributed by atoms with E-state index in [9.17, 15) is 5.26 Å². The predicted molar refractivity (Wildman–Crippen MR) is 116 cm³/mol. The Morgan fingerprint density at radius 2 is 1.04 bits per heavy atom. The molecule has 0 aliphatic carbocycles. The molecule has 1 rings (SSSR count). The molecule has 0 saturated carbocycles. The van der Waals surface area contributed by atoms with Gasteiger partial charge in [0, 0.05) is 0 Å². The van der Waals surface area contributed by atoms with Gasteiger partial charge in [-0.25, -0.2) is 0 Å². The Labute approximate surface area is 165 Å². The molecule has 0 heterocycles. The third kappa shape index (κ3) is 7.36. The standard InChI is InChI=1S/C21H37NO2Si2/c1-18(2,3)25-23-20(7,8)16-11-15(14-22)12-17(13-16)21(9,10)24-26-19(4,5)6/h11-13H,25-26H2,1-10H3. The molecule has 1 aromatic rings. The Morgan fingerprint density at radius 1 is 0.692 bits per heavy atom. The summed E-state index contributed by atoms with van der Waals surface area (Å²) >= 11 is 0. The van der Waals surface area contributed by atoms with Crippen molar-refractivity contribution in [3.63, 3.8) is 0 Å². The van der Waals surface area contributed by atoms with E-state index in [0.717, 1.165) is 11.1 Å². The quantitative estimate of drug-likeness (QED) is 0.662. The molecule has 0 aliphatic rings. The van der Waals surface area contributed by atoms with E-state index in [1.807, 2.05) is 12.1 Å². The lowest BCUT2D eigenvalue weighted by Crippen LogP contribution is -2.30. The molecular weight excluding hydrogens is 354 g/mol. The number of nitriles is 1. The first kappa shape index (κ1) is 23.1. The van der Waals surface area contributed by atoms with Gasteiger partial charge in [0.05, 0.1) is 22.8 Å². The smallest absolute Gasteiger partial charge is 0.168 e. The molecule has 1 aromatic carbocycles. The van der Waals surface area contributed by atoms with Gasteiger partial charge in [-0.3, -0.25) is 0 Å². The fourth-order valence-electron chi connectivity index (χ4n) is 2.35. The first-order valence-corrected chi connectivity index (χ1v) is 12.0. The van der Waals surface area contributed by atoms with Crippen LogP contribution in [0, 0.1) is 11.3 Å². The summed E-state index contributed by atoms with van der Waals surface area (Å²) in [4.78, 5) is 0. The van der Waals surface area contributed by atoms with Crippen molar-refractivity contribution in [3.8, 4) is 6.07 Å². The van der Waals surface area contributed by atoms with Crippen LogP contribution in [0.1, 0.15) is 85.9 Å². The molecule has 0 fully saturated rings. The minimum atomic E-state index is -0.699.